The van der Waals surface area contributed by atoms with E-state index in [1.54, 1.807) is 13.0 Å². The van der Waals surface area contributed by atoms with Crippen LogP contribution in [-0.2, 0) is 4.74 Å². The number of nitrogens with two attached hydrogens (primary N) is 1. The predicted molar refractivity (Wildman–Crippen MR) is 64.5 cm³/mol. The number of anilines is 1. The Morgan fingerprint density at radius 3 is 2.86 bits per heavy atom. The molecule has 3 nitrogen and oxygen atoms in total. The van der Waals surface area contributed by atoms with Crippen molar-refractivity contribution in [2.75, 3.05) is 12.3 Å². The third kappa shape index (κ3) is 2.51. The number of hydrogen-bond acceptors (Lipinski definition) is 3. The summed E-state index contributed by atoms with van der Waals surface area (Å²) in [6, 6.07) is 3.21. The molecule has 1 aromatic carbocycles. The summed E-state index contributed by atoms with van der Waals surface area (Å²) in [5.74, 6) is -0.439. The molecule has 0 spiro atoms. The number of esters is 1. The second-order valence-corrected chi connectivity index (χ2v) is 4.17. The van der Waals surface area contributed by atoms with Crippen LogP contribution in [0.25, 0.3) is 0 Å². The molecule has 2 N–H and O–H groups in total. The Kier molecular flexibility index (Phi) is 4.00. The van der Waals surface area contributed by atoms with Crippen LogP contribution in [0.3, 0.4) is 0 Å². The molecule has 0 bridgehead atoms. The average Bonchev–Trinajstić information content (AvgIpc) is 2.11. The summed E-state index contributed by atoms with van der Waals surface area (Å²) in [6.07, 6.45) is 0. The van der Waals surface area contributed by atoms with E-state index in [0.29, 0.717) is 22.9 Å². The number of rotatable bonds is 2. The van der Waals surface area contributed by atoms with Crippen LogP contribution < -0.4 is 5.73 Å². The van der Waals surface area contributed by atoms with Gasteiger partial charge in [0.2, 0.25) is 0 Å². The Morgan fingerprint density at radius 1 is 1.64 bits per heavy atom. The van der Waals surface area contributed by atoms with E-state index in [0.717, 1.165) is 3.57 Å². The maximum atomic E-state index is 11.4. The van der Waals surface area contributed by atoms with Crippen molar-refractivity contribution in [1.29, 1.82) is 0 Å². The minimum atomic E-state index is -0.439. The first kappa shape index (κ1) is 11.6. The molecule has 0 saturated heterocycles. The van der Waals surface area contributed by atoms with Crippen LogP contribution in [0.15, 0.2) is 12.1 Å². The number of carbonyl (C=O) groups is 1. The fourth-order valence-electron chi connectivity index (χ4n) is 0.962. The zero-order valence-electron chi connectivity index (χ0n) is 7.51. The Labute approximate surface area is 101 Å². The van der Waals surface area contributed by atoms with Crippen LogP contribution in [0.5, 0.6) is 0 Å². The summed E-state index contributed by atoms with van der Waals surface area (Å²) in [6.45, 7) is 2.06. The monoisotopic (exact) mass is 325 g/mol. The first-order valence-corrected chi connectivity index (χ1v) is 5.43. The molecular weight excluding hydrogens is 316 g/mol. The molecule has 0 radical (unpaired) electrons. The maximum Gasteiger partial charge on any atom is 0.340 e. The highest BCUT2D eigenvalue weighted by atomic mass is 127. The molecule has 0 heterocycles. The van der Waals surface area contributed by atoms with Gasteiger partial charge in [-0.15, -0.1) is 0 Å². The molecule has 1 aromatic rings. The predicted octanol–water partition coefficient (Wildman–Crippen LogP) is 2.70. The molecular formula is C9H9ClINO2. The molecule has 0 amide bonds. The van der Waals surface area contributed by atoms with Gasteiger partial charge < -0.3 is 10.5 Å². The number of benzene rings is 1. The van der Waals surface area contributed by atoms with Gasteiger partial charge in [0.15, 0.2) is 0 Å². The van der Waals surface area contributed by atoms with Gasteiger partial charge >= 0.3 is 5.97 Å². The fourth-order valence-corrected chi connectivity index (χ4v) is 1.99. The molecule has 1 rings (SSSR count). The number of halogens is 2. The summed E-state index contributed by atoms with van der Waals surface area (Å²) < 4.78 is 5.59. The van der Waals surface area contributed by atoms with Gasteiger partial charge in [-0.25, -0.2) is 4.79 Å². The lowest BCUT2D eigenvalue weighted by Gasteiger charge is -2.07. The molecule has 76 valence electrons. The van der Waals surface area contributed by atoms with Crippen LogP contribution in [0.1, 0.15) is 17.3 Å². The van der Waals surface area contributed by atoms with Crippen molar-refractivity contribution in [2.45, 2.75) is 6.92 Å². The SMILES string of the molecule is CCOC(=O)c1cc(Cl)cc(I)c1N. The molecule has 5 heteroatoms. The summed E-state index contributed by atoms with van der Waals surface area (Å²) in [4.78, 5) is 11.4. The maximum absolute atomic E-state index is 11.4. The topological polar surface area (TPSA) is 52.3 Å². The number of carbonyl (C=O) groups excluding carboxylic acids is 1. The molecule has 0 unspecified atom stereocenters. The van der Waals surface area contributed by atoms with Crippen LogP contribution in [0.2, 0.25) is 5.02 Å². The molecule has 0 aliphatic heterocycles. The normalized spacial score (nSPS) is 9.93. The molecule has 0 atom stereocenters. The zero-order chi connectivity index (χ0) is 10.7. The third-order valence-electron chi connectivity index (χ3n) is 1.59. The molecule has 0 saturated carbocycles. The summed E-state index contributed by atoms with van der Waals surface area (Å²) in [7, 11) is 0. The standard InChI is InChI=1S/C9H9ClINO2/c1-2-14-9(13)6-3-5(10)4-7(11)8(6)12/h3-4H,2,12H2,1H3. The number of nitrogen functional groups attached to an aromatic ring is 1. The van der Waals surface area contributed by atoms with Crippen molar-refractivity contribution in [3.8, 4) is 0 Å². The second-order valence-electron chi connectivity index (χ2n) is 2.57. The van der Waals surface area contributed by atoms with Gasteiger partial charge in [0, 0.05) is 8.59 Å². The molecule has 0 aliphatic rings. The van der Waals surface area contributed by atoms with E-state index in [9.17, 15) is 4.79 Å². The number of ether oxygens (including phenoxy) is 1. The molecule has 0 fully saturated rings. The van der Waals surface area contributed by atoms with Crippen LogP contribution in [0.4, 0.5) is 5.69 Å². The first-order chi connectivity index (χ1) is 6.56. The van der Waals surface area contributed by atoms with E-state index in [-0.39, 0.29) is 0 Å². The Bertz CT molecular complexity index is 368. The van der Waals surface area contributed by atoms with Gasteiger partial charge in [0.25, 0.3) is 0 Å². The minimum Gasteiger partial charge on any atom is -0.462 e. The second kappa shape index (κ2) is 4.84. The van der Waals surface area contributed by atoms with Gasteiger partial charge in [0.05, 0.1) is 17.9 Å². The summed E-state index contributed by atoms with van der Waals surface area (Å²) in [5.41, 5.74) is 6.45. The largest absolute Gasteiger partial charge is 0.462 e. The summed E-state index contributed by atoms with van der Waals surface area (Å²) >= 11 is 7.82. The lowest BCUT2D eigenvalue weighted by Crippen LogP contribution is -2.09. The van der Waals surface area contributed by atoms with Crippen LogP contribution in [-0.4, -0.2) is 12.6 Å². The van der Waals surface area contributed by atoms with E-state index in [2.05, 4.69) is 0 Å². The van der Waals surface area contributed by atoms with Crippen molar-refractivity contribution < 1.29 is 9.53 Å². The van der Waals surface area contributed by atoms with E-state index in [4.69, 9.17) is 22.1 Å². The van der Waals surface area contributed by atoms with E-state index in [1.807, 2.05) is 22.6 Å². The Balaban J connectivity index is 3.13. The summed E-state index contributed by atoms with van der Waals surface area (Å²) in [5, 5.41) is 0.478. The Morgan fingerprint density at radius 2 is 2.29 bits per heavy atom. The zero-order valence-corrected chi connectivity index (χ0v) is 10.4. The lowest BCUT2D eigenvalue weighted by molar-refractivity contribution is 0.0527. The van der Waals surface area contributed by atoms with Crippen LogP contribution in [0, 0.1) is 3.57 Å². The Hall–Kier alpha value is -0.490. The molecule has 0 aliphatic carbocycles. The van der Waals surface area contributed by atoms with Gasteiger partial charge in [-0.3, -0.25) is 0 Å². The van der Waals surface area contributed by atoms with E-state index < -0.39 is 5.97 Å². The molecule has 14 heavy (non-hydrogen) atoms. The highest BCUT2D eigenvalue weighted by Crippen LogP contribution is 2.25. The highest BCUT2D eigenvalue weighted by Gasteiger charge is 2.13. The van der Waals surface area contributed by atoms with Gasteiger partial charge in [-0.05, 0) is 41.6 Å². The van der Waals surface area contributed by atoms with Gasteiger partial charge in [-0.2, -0.15) is 0 Å². The van der Waals surface area contributed by atoms with Crippen molar-refractivity contribution in [1.82, 2.24) is 0 Å². The fraction of sp³-hybridized carbons (Fsp3) is 0.222. The minimum absolute atomic E-state index is 0.321. The quantitative estimate of drug-likeness (QED) is 0.517. The van der Waals surface area contributed by atoms with Crippen molar-refractivity contribution in [2.24, 2.45) is 0 Å². The van der Waals surface area contributed by atoms with Crippen molar-refractivity contribution in [3.05, 3.63) is 26.3 Å². The third-order valence-corrected chi connectivity index (χ3v) is 2.70. The van der Waals surface area contributed by atoms with Crippen molar-refractivity contribution >= 4 is 45.8 Å². The first-order valence-electron chi connectivity index (χ1n) is 3.98. The number of hydrogen-bond donors (Lipinski definition) is 1. The average molecular weight is 326 g/mol. The van der Waals surface area contributed by atoms with E-state index in [1.165, 1.54) is 6.07 Å². The smallest absolute Gasteiger partial charge is 0.340 e. The van der Waals surface area contributed by atoms with Crippen LogP contribution >= 0.6 is 34.2 Å². The van der Waals surface area contributed by atoms with Gasteiger partial charge in [-0.1, -0.05) is 11.6 Å². The van der Waals surface area contributed by atoms with Crippen molar-refractivity contribution in [3.63, 3.8) is 0 Å². The van der Waals surface area contributed by atoms with Gasteiger partial charge in [0.1, 0.15) is 0 Å². The highest BCUT2D eigenvalue weighted by molar-refractivity contribution is 14.1. The van der Waals surface area contributed by atoms with E-state index >= 15 is 0 Å². The molecule has 0 aromatic heterocycles. The lowest BCUT2D eigenvalue weighted by atomic mass is 10.2.